The molecule has 2 aromatic carbocycles. The van der Waals surface area contributed by atoms with Crippen LogP contribution in [-0.4, -0.2) is 25.5 Å². The van der Waals surface area contributed by atoms with Crippen LogP contribution in [0.1, 0.15) is 24.2 Å². The summed E-state index contributed by atoms with van der Waals surface area (Å²) < 4.78 is 26.5. The van der Waals surface area contributed by atoms with Crippen molar-refractivity contribution in [3.8, 4) is 5.75 Å². The molecular formula is C16H18N2O4S. The Morgan fingerprint density at radius 3 is 2.30 bits per heavy atom. The number of phenols is 1. The number of amides is 1. The molecule has 0 spiro atoms. The number of carbonyl (C=O) groups excluding carboxylic acids is 1. The first kappa shape index (κ1) is 17.0. The van der Waals surface area contributed by atoms with E-state index in [1.54, 1.807) is 26.0 Å². The van der Waals surface area contributed by atoms with E-state index in [9.17, 15) is 18.3 Å². The molecule has 0 aliphatic heterocycles. The normalized spacial score (nSPS) is 11.4. The number of rotatable bonds is 5. The van der Waals surface area contributed by atoms with Gasteiger partial charge < -0.3 is 10.4 Å². The lowest BCUT2D eigenvalue weighted by atomic mass is 10.2. The molecule has 0 saturated carbocycles. The van der Waals surface area contributed by atoms with E-state index in [0.717, 1.165) is 0 Å². The van der Waals surface area contributed by atoms with Crippen LogP contribution < -0.4 is 10.0 Å². The maximum Gasteiger partial charge on any atom is 0.255 e. The lowest BCUT2D eigenvalue weighted by Crippen LogP contribution is -2.30. The minimum absolute atomic E-state index is 0.0454. The van der Waals surface area contributed by atoms with Crippen LogP contribution in [0.15, 0.2) is 53.4 Å². The van der Waals surface area contributed by atoms with E-state index < -0.39 is 15.9 Å². The van der Waals surface area contributed by atoms with Gasteiger partial charge in [-0.3, -0.25) is 4.79 Å². The average Bonchev–Trinajstić information content (AvgIpc) is 2.46. The summed E-state index contributed by atoms with van der Waals surface area (Å²) in [6.45, 7) is 3.46. The fourth-order valence-corrected chi connectivity index (χ4v) is 3.20. The summed E-state index contributed by atoms with van der Waals surface area (Å²) in [6.07, 6.45) is 0. The largest absolute Gasteiger partial charge is 0.508 e. The topological polar surface area (TPSA) is 95.5 Å². The fourth-order valence-electron chi connectivity index (χ4n) is 1.95. The molecule has 3 N–H and O–H groups in total. The molecule has 0 radical (unpaired) electrons. The highest BCUT2D eigenvalue weighted by atomic mass is 32.2. The van der Waals surface area contributed by atoms with Gasteiger partial charge in [0.1, 0.15) is 5.75 Å². The van der Waals surface area contributed by atoms with Crippen molar-refractivity contribution in [2.24, 2.45) is 0 Å². The number of aromatic hydroxyl groups is 1. The molecule has 0 saturated heterocycles. The van der Waals surface area contributed by atoms with Crippen molar-refractivity contribution in [3.05, 3.63) is 54.1 Å². The van der Waals surface area contributed by atoms with E-state index >= 15 is 0 Å². The van der Waals surface area contributed by atoms with Crippen molar-refractivity contribution < 1.29 is 18.3 Å². The van der Waals surface area contributed by atoms with Gasteiger partial charge >= 0.3 is 0 Å². The molecule has 7 heteroatoms. The summed E-state index contributed by atoms with van der Waals surface area (Å²) in [5, 5.41) is 12.0. The number of benzene rings is 2. The number of hydrogen-bond acceptors (Lipinski definition) is 4. The molecule has 0 heterocycles. The van der Waals surface area contributed by atoms with Crippen molar-refractivity contribution >= 4 is 21.6 Å². The first-order valence-electron chi connectivity index (χ1n) is 7.01. The van der Waals surface area contributed by atoms with Gasteiger partial charge in [0.25, 0.3) is 5.91 Å². The second-order valence-electron chi connectivity index (χ2n) is 5.30. The number of anilines is 1. The van der Waals surface area contributed by atoms with Crippen molar-refractivity contribution in [3.63, 3.8) is 0 Å². The number of nitrogens with one attached hydrogen (secondary N) is 2. The predicted octanol–water partition coefficient (Wildman–Crippen LogP) is 2.33. The molecule has 23 heavy (non-hydrogen) atoms. The monoisotopic (exact) mass is 334 g/mol. The Morgan fingerprint density at radius 2 is 1.74 bits per heavy atom. The number of sulfonamides is 1. The van der Waals surface area contributed by atoms with Crippen LogP contribution in [0.25, 0.3) is 0 Å². The minimum atomic E-state index is -3.58. The highest BCUT2D eigenvalue weighted by Gasteiger charge is 2.16. The SMILES string of the molecule is CC(C)NS(=O)(=O)c1ccc(C(=O)Nc2cccc(O)c2)cc1. The lowest BCUT2D eigenvalue weighted by Gasteiger charge is -2.10. The maximum atomic E-state index is 12.1. The van der Waals surface area contributed by atoms with Crippen LogP contribution >= 0.6 is 0 Å². The molecule has 2 aromatic rings. The summed E-state index contributed by atoms with van der Waals surface area (Å²) in [5.74, 6) is -0.347. The summed E-state index contributed by atoms with van der Waals surface area (Å²) >= 11 is 0. The number of hydrogen-bond donors (Lipinski definition) is 3. The lowest BCUT2D eigenvalue weighted by molar-refractivity contribution is 0.102. The van der Waals surface area contributed by atoms with Crippen molar-refractivity contribution in [1.29, 1.82) is 0 Å². The van der Waals surface area contributed by atoms with E-state index in [2.05, 4.69) is 10.0 Å². The van der Waals surface area contributed by atoms with Gasteiger partial charge in [0.2, 0.25) is 10.0 Å². The number of carbonyl (C=O) groups is 1. The summed E-state index contributed by atoms with van der Waals surface area (Å²) in [4.78, 5) is 12.2. The molecule has 0 unspecified atom stereocenters. The Bertz CT molecular complexity index is 799. The molecule has 0 fully saturated rings. The molecular weight excluding hydrogens is 316 g/mol. The van der Waals surface area contributed by atoms with Gasteiger partial charge in [0.05, 0.1) is 4.90 Å². The quantitative estimate of drug-likeness (QED) is 0.782. The first-order valence-corrected chi connectivity index (χ1v) is 8.49. The Balaban J connectivity index is 2.14. The Labute approximate surface area is 135 Å². The van der Waals surface area contributed by atoms with E-state index in [-0.39, 0.29) is 16.7 Å². The molecule has 0 aliphatic carbocycles. The van der Waals surface area contributed by atoms with Gasteiger partial charge in [0.15, 0.2) is 0 Å². The van der Waals surface area contributed by atoms with Gasteiger partial charge in [-0.15, -0.1) is 0 Å². The Morgan fingerprint density at radius 1 is 1.09 bits per heavy atom. The van der Waals surface area contributed by atoms with Gasteiger partial charge in [-0.25, -0.2) is 13.1 Å². The summed E-state index contributed by atoms with van der Waals surface area (Å²) in [7, 11) is -3.58. The third-order valence-electron chi connectivity index (χ3n) is 2.92. The van der Waals surface area contributed by atoms with Gasteiger partial charge in [-0.1, -0.05) is 6.07 Å². The molecule has 0 bridgehead atoms. The fraction of sp³-hybridized carbons (Fsp3) is 0.188. The van der Waals surface area contributed by atoms with Crippen molar-refractivity contribution in [1.82, 2.24) is 4.72 Å². The van der Waals surface area contributed by atoms with E-state index in [4.69, 9.17) is 0 Å². The standard InChI is InChI=1S/C16H18N2O4S/c1-11(2)18-23(21,22)15-8-6-12(7-9-15)16(20)17-13-4-3-5-14(19)10-13/h3-11,18-19H,1-2H3,(H,17,20). The second-order valence-corrected chi connectivity index (χ2v) is 7.02. The average molecular weight is 334 g/mol. The summed E-state index contributed by atoms with van der Waals surface area (Å²) in [5.41, 5.74) is 0.769. The highest BCUT2D eigenvalue weighted by Crippen LogP contribution is 2.17. The Kier molecular flexibility index (Phi) is 5.02. The third kappa shape index (κ3) is 4.54. The zero-order valence-corrected chi connectivity index (χ0v) is 13.6. The first-order chi connectivity index (χ1) is 10.8. The summed E-state index contributed by atoms with van der Waals surface area (Å²) in [6, 6.07) is 11.6. The smallest absolute Gasteiger partial charge is 0.255 e. The van der Waals surface area contributed by atoms with E-state index in [0.29, 0.717) is 11.3 Å². The zero-order valence-electron chi connectivity index (χ0n) is 12.8. The second kappa shape index (κ2) is 6.80. The van der Waals surface area contributed by atoms with Crippen molar-refractivity contribution in [2.45, 2.75) is 24.8 Å². The van der Waals surface area contributed by atoms with E-state index in [1.165, 1.54) is 36.4 Å². The van der Waals surface area contributed by atoms with Crippen LogP contribution in [0.2, 0.25) is 0 Å². The maximum absolute atomic E-state index is 12.1. The zero-order chi connectivity index (χ0) is 17.0. The van der Waals surface area contributed by atoms with Crippen LogP contribution in [0.5, 0.6) is 5.75 Å². The molecule has 1 amide bonds. The van der Waals surface area contributed by atoms with E-state index in [1.807, 2.05) is 0 Å². The van der Waals surface area contributed by atoms with Gasteiger partial charge in [-0.2, -0.15) is 0 Å². The third-order valence-corrected chi connectivity index (χ3v) is 4.60. The van der Waals surface area contributed by atoms with Crippen LogP contribution in [0.4, 0.5) is 5.69 Å². The van der Waals surface area contributed by atoms with Gasteiger partial charge in [-0.05, 0) is 50.2 Å². The van der Waals surface area contributed by atoms with Gasteiger partial charge in [0, 0.05) is 23.4 Å². The van der Waals surface area contributed by atoms with Crippen molar-refractivity contribution in [2.75, 3.05) is 5.32 Å². The molecule has 2 rings (SSSR count). The molecule has 6 nitrogen and oxygen atoms in total. The molecule has 0 atom stereocenters. The predicted molar refractivity (Wildman–Crippen MR) is 88.0 cm³/mol. The van der Waals surface area contributed by atoms with Crippen LogP contribution in [0.3, 0.4) is 0 Å². The molecule has 122 valence electrons. The number of phenolic OH excluding ortho intramolecular Hbond substituents is 1. The molecule has 0 aromatic heterocycles. The Hall–Kier alpha value is -2.38. The minimum Gasteiger partial charge on any atom is -0.508 e. The molecule has 0 aliphatic rings. The van der Waals surface area contributed by atoms with Crippen LogP contribution in [-0.2, 0) is 10.0 Å². The highest BCUT2D eigenvalue weighted by molar-refractivity contribution is 7.89. The van der Waals surface area contributed by atoms with Crippen LogP contribution in [0, 0.1) is 0 Å².